The van der Waals surface area contributed by atoms with Gasteiger partial charge in [-0.05, 0) is 30.7 Å². The van der Waals surface area contributed by atoms with Crippen molar-refractivity contribution in [2.75, 3.05) is 7.05 Å². The van der Waals surface area contributed by atoms with Crippen LogP contribution in [0.3, 0.4) is 0 Å². The molecule has 0 aliphatic rings. The largest absolute Gasteiger partial charge is 0.417 e. The number of likely N-dealkylation sites (N-methyl/N-ethyl adjacent to an activating group) is 1. The minimum atomic E-state index is -4.48. The van der Waals surface area contributed by atoms with Crippen LogP contribution in [0.15, 0.2) is 30.9 Å². The van der Waals surface area contributed by atoms with Crippen LogP contribution in [0, 0.1) is 0 Å². The van der Waals surface area contributed by atoms with Crippen molar-refractivity contribution >= 4 is 17.5 Å². The molecule has 1 amide bonds. The molecule has 0 aliphatic heterocycles. The van der Waals surface area contributed by atoms with Crippen molar-refractivity contribution in [1.82, 2.24) is 4.90 Å². The van der Waals surface area contributed by atoms with Crippen molar-refractivity contribution in [3.05, 3.63) is 47.0 Å². The maximum absolute atomic E-state index is 12.6. The molecule has 0 saturated heterocycles. The number of amides is 1. The highest BCUT2D eigenvalue weighted by atomic mass is 35.5. The van der Waals surface area contributed by atoms with Crippen LogP contribution in [0.25, 0.3) is 0 Å². The Hall–Kier alpha value is -1.49. The third kappa shape index (κ3) is 3.50. The van der Waals surface area contributed by atoms with Crippen LogP contribution in [-0.2, 0) is 11.0 Å². The van der Waals surface area contributed by atoms with Gasteiger partial charge in [0.05, 0.1) is 16.6 Å². The summed E-state index contributed by atoms with van der Waals surface area (Å²) >= 11 is 5.63. The van der Waals surface area contributed by atoms with Crippen LogP contribution in [0.4, 0.5) is 13.2 Å². The summed E-state index contributed by atoms with van der Waals surface area (Å²) in [6, 6.07) is 3.06. The maximum atomic E-state index is 12.6. The topological polar surface area (TPSA) is 20.3 Å². The SMILES string of the molecule is C=CC(=O)N(C)C(C)c1ccc(C(F)(F)F)c(Cl)c1. The van der Waals surface area contributed by atoms with Gasteiger partial charge in [-0.15, -0.1) is 0 Å². The molecule has 1 unspecified atom stereocenters. The summed E-state index contributed by atoms with van der Waals surface area (Å²) in [5.74, 6) is -0.316. The summed E-state index contributed by atoms with van der Waals surface area (Å²) < 4.78 is 37.7. The van der Waals surface area contributed by atoms with Gasteiger partial charge in [0.25, 0.3) is 0 Å². The summed E-state index contributed by atoms with van der Waals surface area (Å²) in [5, 5.41) is -0.378. The van der Waals surface area contributed by atoms with Crippen LogP contribution < -0.4 is 0 Å². The van der Waals surface area contributed by atoms with Crippen LogP contribution in [-0.4, -0.2) is 17.9 Å². The molecule has 1 aromatic carbocycles. The molecule has 0 radical (unpaired) electrons. The summed E-state index contributed by atoms with van der Waals surface area (Å²) in [4.78, 5) is 12.8. The van der Waals surface area contributed by atoms with Crippen molar-refractivity contribution in [3.8, 4) is 0 Å². The van der Waals surface area contributed by atoms with Crippen molar-refractivity contribution in [2.45, 2.75) is 19.1 Å². The fraction of sp³-hybridized carbons (Fsp3) is 0.308. The molecule has 0 saturated carbocycles. The van der Waals surface area contributed by atoms with Gasteiger partial charge in [-0.1, -0.05) is 24.2 Å². The number of carbonyl (C=O) groups excluding carboxylic acids is 1. The lowest BCUT2D eigenvalue weighted by atomic mass is 10.0. The van der Waals surface area contributed by atoms with E-state index in [1.54, 1.807) is 14.0 Å². The van der Waals surface area contributed by atoms with Gasteiger partial charge in [0.15, 0.2) is 0 Å². The molecule has 2 nitrogen and oxygen atoms in total. The van der Waals surface area contributed by atoms with E-state index in [4.69, 9.17) is 11.6 Å². The molecule has 1 rings (SSSR count). The Morgan fingerprint density at radius 2 is 2.05 bits per heavy atom. The van der Waals surface area contributed by atoms with Gasteiger partial charge in [0.1, 0.15) is 0 Å². The molecule has 0 aliphatic carbocycles. The molecule has 0 fully saturated rings. The van der Waals surface area contributed by atoms with Crippen molar-refractivity contribution in [3.63, 3.8) is 0 Å². The van der Waals surface area contributed by atoms with E-state index in [0.29, 0.717) is 5.56 Å². The van der Waals surface area contributed by atoms with E-state index in [-0.39, 0.29) is 10.9 Å². The maximum Gasteiger partial charge on any atom is 0.417 e. The summed E-state index contributed by atoms with van der Waals surface area (Å²) in [6.45, 7) is 5.05. The number of carbonyl (C=O) groups is 1. The van der Waals surface area contributed by atoms with Gasteiger partial charge in [-0.2, -0.15) is 13.2 Å². The zero-order chi connectivity index (χ0) is 14.8. The average Bonchev–Trinajstić information content (AvgIpc) is 2.34. The first-order chi connectivity index (χ1) is 8.68. The molecule has 0 heterocycles. The van der Waals surface area contributed by atoms with Gasteiger partial charge in [0, 0.05) is 7.05 Å². The van der Waals surface area contributed by atoms with Crippen molar-refractivity contribution in [2.24, 2.45) is 0 Å². The zero-order valence-corrected chi connectivity index (χ0v) is 11.2. The fourth-order valence-corrected chi connectivity index (χ4v) is 1.88. The smallest absolute Gasteiger partial charge is 0.335 e. The van der Waals surface area contributed by atoms with Crippen LogP contribution in [0.2, 0.25) is 5.02 Å². The molecule has 1 aromatic rings. The van der Waals surface area contributed by atoms with E-state index in [0.717, 1.165) is 12.1 Å². The molecule has 0 aromatic heterocycles. The van der Waals surface area contributed by atoms with Crippen LogP contribution in [0.5, 0.6) is 0 Å². The van der Waals surface area contributed by atoms with Gasteiger partial charge in [-0.25, -0.2) is 0 Å². The molecule has 19 heavy (non-hydrogen) atoms. The van der Waals surface area contributed by atoms with Gasteiger partial charge in [0.2, 0.25) is 5.91 Å². The average molecular weight is 292 g/mol. The second kappa shape index (κ2) is 5.65. The highest BCUT2D eigenvalue weighted by molar-refractivity contribution is 6.31. The zero-order valence-electron chi connectivity index (χ0n) is 10.5. The van der Waals surface area contributed by atoms with E-state index in [1.165, 1.54) is 17.0 Å². The molecule has 1 atom stereocenters. The predicted molar refractivity (Wildman–Crippen MR) is 67.8 cm³/mol. The summed E-state index contributed by atoms with van der Waals surface area (Å²) in [5.41, 5.74) is -0.362. The van der Waals surface area contributed by atoms with Gasteiger partial charge < -0.3 is 4.90 Å². The first-order valence-electron chi connectivity index (χ1n) is 5.44. The second-order valence-corrected chi connectivity index (χ2v) is 4.47. The number of hydrogen-bond donors (Lipinski definition) is 0. The highest BCUT2D eigenvalue weighted by Gasteiger charge is 2.33. The molecule has 0 bridgehead atoms. The molecule has 104 valence electrons. The Balaban J connectivity index is 3.08. The number of rotatable bonds is 3. The second-order valence-electron chi connectivity index (χ2n) is 4.07. The van der Waals surface area contributed by atoms with E-state index < -0.39 is 17.8 Å². The quantitative estimate of drug-likeness (QED) is 0.769. The third-order valence-corrected chi connectivity index (χ3v) is 3.20. The molecular formula is C13H13ClF3NO. The van der Waals surface area contributed by atoms with Gasteiger partial charge >= 0.3 is 6.18 Å². The highest BCUT2D eigenvalue weighted by Crippen LogP contribution is 2.36. The molecule has 0 spiro atoms. The molecular weight excluding hydrogens is 279 g/mol. The van der Waals surface area contributed by atoms with Crippen molar-refractivity contribution in [1.29, 1.82) is 0 Å². The van der Waals surface area contributed by atoms with E-state index in [2.05, 4.69) is 6.58 Å². The summed E-state index contributed by atoms with van der Waals surface area (Å²) in [7, 11) is 1.54. The van der Waals surface area contributed by atoms with Crippen molar-refractivity contribution < 1.29 is 18.0 Å². The Morgan fingerprint density at radius 3 is 2.47 bits per heavy atom. The van der Waals surface area contributed by atoms with E-state index in [1.807, 2.05) is 0 Å². The van der Waals surface area contributed by atoms with E-state index in [9.17, 15) is 18.0 Å². The first-order valence-corrected chi connectivity index (χ1v) is 5.82. The Kier molecular flexibility index (Phi) is 4.63. The monoisotopic (exact) mass is 291 g/mol. The van der Waals surface area contributed by atoms with Gasteiger partial charge in [-0.3, -0.25) is 4.79 Å². The van der Waals surface area contributed by atoms with Crippen LogP contribution in [0.1, 0.15) is 24.1 Å². The predicted octanol–water partition coefficient (Wildman–Crippen LogP) is 4.06. The number of hydrogen-bond acceptors (Lipinski definition) is 1. The Bertz CT molecular complexity index is 499. The molecule has 6 heteroatoms. The number of nitrogens with zero attached hydrogens (tertiary/aromatic N) is 1. The first kappa shape index (κ1) is 15.6. The molecule has 0 N–H and O–H groups in total. The Labute approximate surface area is 114 Å². The minimum Gasteiger partial charge on any atom is -0.335 e. The minimum absolute atomic E-state index is 0.316. The number of halogens is 4. The van der Waals surface area contributed by atoms with Crippen LogP contribution >= 0.6 is 11.6 Å². The Morgan fingerprint density at radius 1 is 1.47 bits per heavy atom. The lowest BCUT2D eigenvalue weighted by Crippen LogP contribution is -2.27. The standard InChI is InChI=1S/C13H13ClF3NO/c1-4-12(19)18(3)8(2)9-5-6-10(11(14)7-9)13(15,16)17/h4-8H,1H2,2-3H3. The van der Waals surface area contributed by atoms with E-state index >= 15 is 0 Å². The fourth-order valence-electron chi connectivity index (χ4n) is 1.58. The lowest BCUT2D eigenvalue weighted by Gasteiger charge is -2.24. The normalized spacial score (nSPS) is 12.9. The number of alkyl halides is 3. The lowest BCUT2D eigenvalue weighted by molar-refractivity contribution is -0.137. The summed E-state index contributed by atoms with van der Waals surface area (Å²) in [6.07, 6.45) is -3.34. The number of benzene rings is 1. The third-order valence-electron chi connectivity index (χ3n) is 2.88.